The Bertz CT molecular complexity index is 1440. The molecular formula is C48H62O. The van der Waals surface area contributed by atoms with Crippen LogP contribution in [-0.4, -0.2) is 0 Å². The van der Waals surface area contributed by atoms with Crippen LogP contribution in [0.15, 0.2) is 97.1 Å². The van der Waals surface area contributed by atoms with Crippen molar-refractivity contribution in [1.82, 2.24) is 0 Å². The fraction of sp³-hybridized carbons (Fsp3) is 0.417. The van der Waals surface area contributed by atoms with Gasteiger partial charge < -0.3 is 4.74 Å². The number of hydrogen-bond donors (Lipinski definition) is 0. The zero-order chi connectivity index (χ0) is 34.5. The summed E-state index contributed by atoms with van der Waals surface area (Å²) in [5.74, 6) is 1.82. The minimum Gasteiger partial charge on any atom is -0.456 e. The van der Waals surface area contributed by atoms with Gasteiger partial charge in [-0.2, -0.15) is 0 Å². The molecule has 0 saturated heterocycles. The van der Waals surface area contributed by atoms with Crippen molar-refractivity contribution >= 4 is 12.2 Å². The summed E-state index contributed by atoms with van der Waals surface area (Å²) in [6.45, 7) is 8.83. The molecule has 0 aromatic heterocycles. The molecule has 0 spiro atoms. The van der Waals surface area contributed by atoms with Crippen molar-refractivity contribution in [3.05, 3.63) is 119 Å². The molecule has 0 amide bonds. The lowest BCUT2D eigenvalue weighted by Crippen LogP contribution is -2.00. The summed E-state index contributed by atoms with van der Waals surface area (Å²) in [6.07, 6.45) is 29.6. The second kappa shape index (κ2) is 22.0. The fourth-order valence-electron chi connectivity index (χ4n) is 7.07. The van der Waals surface area contributed by atoms with E-state index in [1.165, 1.54) is 134 Å². The second-order valence-corrected chi connectivity index (χ2v) is 13.6. The normalized spacial score (nSPS) is 11.6. The Balaban J connectivity index is 1.71. The van der Waals surface area contributed by atoms with Crippen LogP contribution in [0.25, 0.3) is 34.4 Å². The molecule has 260 valence electrons. The maximum absolute atomic E-state index is 7.13. The predicted octanol–water partition coefficient (Wildman–Crippen LogP) is 15.5. The van der Waals surface area contributed by atoms with Crippen molar-refractivity contribution in [2.45, 2.75) is 130 Å². The lowest BCUT2D eigenvalue weighted by atomic mass is 9.90. The summed E-state index contributed by atoms with van der Waals surface area (Å²) in [7, 11) is 0. The summed E-state index contributed by atoms with van der Waals surface area (Å²) >= 11 is 0. The Morgan fingerprint density at radius 1 is 0.429 bits per heavy atom. The van der Waals surface area contributed by atoms with Crippen LogP contribution >= 0.6 is 0 Å². The molecule has 0 aliphatic carbocycles. The van der Waals surface area contributed by atoms with Gasteiger partial charge in [-0.3, -0.25) is 0 Å². The van der Waals surface area contributed by atoms with Gasteiger partial charge in [0.1, 0.15) is 11.5 Å². The molecule has 0 N–H and O–H groups in total. The van der Waals surface area contributed by atoms with Gasteiger partial charge in [0.2, 0.25) is 0 Å². The van der Waals surface area contributed by atoms with Crippen LogP contribution in [0.2, 0.25) is 0 Å². The van der Waals surface area contributed by atoms with Crippen molar-refractivity contribution < 1.29 is 4.74 Å². The molecule has 0 fully saturated rings. The zero-order valence-corrected chi connectivity index (χ0v) is 31.1. The number of ether oxygens (including phenoxy) is 1. The summed E-state index contributed by atoms with van der Waals surface area (Å²) < 4.78 is 7.13. The largest absolute Gasteiger partial charge is 0.456 e. The molecule has 1 heteroatoms. The van der Waals surface area contributed by atoms with Crippen molar-refractivity contribution in [3.63, 3.8) is 0 Å². The zero-order valence-electron chi connectivity index (χ0n) is 31.1. The standard InChI is InChI=1S/C48H62O/c1-5-9-11-13-15-17-21-29-39-35-37-45(47(43(39)27-7-3)41-31-23-19-24-32-41)49-46-38-36-40(30-22-18-16-14-12-10-6-2)44(28-8-4)48(46)42-33-25-20-26-34-42/h7-8,19-20,23-28,31-38H,5-6,9-18,21-22,29-30H2,1-4H3. The van der Waals surface area contributed by atoms with E-state index in [-0.39, 0.29) is 0 Å². The molecule has 49 heavy (non-hydrogen) atoms. The van der Waals surface area contributed by atoms with Crippen molar-refractivity contribution in [1.29, 1.82) is 0 Å². The summed E-state index contributed by atoms with van der Waals surface area (Å²) in [4.78, 5) is 0. The highest BCUT2D eigenvalue weighted by atomic mass is 16.5. The van der Waals surface area contributed by atoms with Crippen LogP contribution in [0.5, 0.6) is 11.5 Å². The predicted molar refractivity (Wildman–Crippen MR) is 217 cm³/mol. The number of rotatable bonds is 22. The van der Waals surface area contributed by atoms with Crippen LogP contribution < -0.4 is 4.74 Å². The second-order valence-electron chi connectivity index (χ2n) is 13.6. The summed E-state index contributed by atoms with van der Waals surface area (Å²) in [5.41, 5.74) is 10.1. The molecular weight excluding hydrogens is 593 g/mol. The maximum Gasteiger partial charge on any atom is 0.135 e. The molecule has 0 unspecified atom stereocenters. The van der Waals surface area contributed by atoms with Gasteiger partial charge >= 0.3 is 0 Å². The Kier molecular flexibility index (Phi) is 17.0. The number of allylic oxidation sites excluding steroid dienone is 2. The van der Waals surface area contributed by atoms with Crippen molar-refractivity contribution in [2.24, 2.45) is 0 Å². The summed E-state index contributed by atoms with van der Waals surface area (Å²) in [6, 6.07) is 30.7. The van der Waals surface area contributed by atoms with E-state index in [0.29, 0.717) is 0 Å². The lowest BCUT2D eigenvalue weighted by Gasteiger charge is -2.21. The van der Waals surface area contributed by atoms with E-state index in [1.54, 1.807) is 0 Å². The summed E-state index contributed by atoms with van der Waals surface area (Å²) in [5, 5.41) is 0. The smallest absolute Gasteiger partial charge is 0.135 e. The van der Waals surface area contributed by atoms with Gasteiger partial charge in [0.15, 0.2) is 0 Å². The molecule has 0 heterocycles. The lowest BCUT2D eigenvalue weighted by molar-refractivity contribution is 0.485. The first-order valence-electron chi connectivity index (χ1n) is 19.6. The quantitative estimate of drug-likeness (QED) is 0.0766. The van der Waals surface area contributed by atoms with E-state index in [9.17, 15) is 0 Å². The molecule has 0 atom stereocenters. The monoisotopic (exact) mass is 654 g/mol. The first-order valence-corrected chi connectivity index (χ1v) is 19.6. The Morgan fingerprint density at radius 2 is 0.796 bits per heavy atom. The van der Waals surface area contributed by atoms with Crippen LogP contribution in [0.4, 0.5) is 0 Å². The van der Waals surface area contributed by atoms with Gasteiger partial charge in [-0.1, -0.05) is 188 Å². The van der Waals surface area contributed by atoms with Gasteiger partial charge in [0.25, 0.3) is 0 Å². The van der Waals surface area contributed by atoms with E-state index < -0.39 is 0 Å². The van der Waals surface area contributed by atoms with E-state index in [2.05, 4.69) is 137 Å². The van der Waals surface area contributed by atoms with E-state index in [4.69, 9.17) is 4.74 Å². The third-order valence-electron chi connectivity index (χ3n) is 9.71. The van der Waals surface area contributed by atoms with E-state index in [1.807, 2.05) is 0 Å². The van der Waals surface area contributed by atoms with Crippen LogP contribution in [0.1, 0.15) is 140 Å². The highest BCUT2D eigenvalue weighted by Gasteiger charge is 2.20. The van der Waals surface area contributed by atoms with Gasteiger partial charge in [-0.05, 0) is 85.0 Å². The Hall–Kier alpha value is -3.84. The fourth-order valence-corrected chi connectivity index (χ4v) is 7.07. The molecule has 0 aliphatic heterocycles. The first-order chi connectivity index (χ1) is 24.2. The SMILES string of the molecule is CC=Cc1c(CCCCCCCCC)ccc(Oc2ccc(CCCCCCCCC)c(C=CC)c2-c2ccccc2)c1-c1ccccc1. The third kappa shape index (κ3) is 11.6. The molecule has 4 aromatic carbocycles. The Morgan fingerprint density at radius 3 is 1.16 bits per heavy atom. The van der Waals surface area contributed by atoms with Gasteiger partial charge in [0, 0.05) is 11.1 Å². The average molecular weight is 655 g/mol. The minimum atomic E-state index is 0.908. The van der Waals surface area contributed by atoms with Gasteiger partial charge in [-0.15, -0.1) is 0 Å². The molecule has 0 aliphatic rings. The Labute approximate surface area is 299 Å². The first kappa shape index (κ1) is 38.0. The van der Waals surface area contributed by atoms with Gasteiger partial charge in [0.05, 0.1) is 0 Å². The van der Waals surface area contributed by atoms with Crippen LogP contribution in [0, 0.1) is 0 Å². The number of unbranched alkanes of at least 4 members (excludes halogenated alkanes) is 12. The topological polar surface area (TPSA) is 9.23 Å². The number of aryl methyl sites for hydroxylation is 2. The highest BCUT2D eigenvalue weighted by Crippen LogP contribution is 2.44. The highest BCUT2D eigenvalue weighted by molar-refractivity contribution is 5.85. The average Bonchev–Trinajstić information content (AvgIpc) is 3.13. The molecule has 4 rings (SSSR count). The number of benzene rings is 4. The van der Waals surface area contributed by atoms with Crippen molar-refractivity contribution in [3.8, 4) is 33.8 Å². The maximum atomic E-state index is 7.13. The van der Waals surface area contributed by atoms with E-state index in [0.717, 1.165) is 24.3 Å². The molecule has 1 nitrogen and oxygen atoms in total. The molecule has 0 radical (unpaired) electrons. The number of hydrogen-bond acceptors (Lipinski definition) is 1. The van der Waals surface area contributed by atoms with E-state index >= 15 is 0 Å². The van der Waals surface area contributed by atoms with Gasteiger partial charge in [-0.25, -0.2) is 0 Å². The third-order valence-corrected chi connectivity index (χ3v) is 9.71. The van der Waals surface area contributed by atoms with Crippen molar-refractivity contribution in [2.75, 3.05) is 0 Å². The molecule has 4 aromatic rings. The minimum absolute atomic E-state index is 0.908. The molecule has 0 bridgehead atoms. The van der Waals surface area contributed by atoms with Crippen LogP contribution in [-0.2, 0) is 12.8 Å². The molecule has 0 saturated carbocycles. The van der Waals surface area contributed by atoms with Crippen LogP contribution in [0.3, 0.4) is 0 Å².